The van der Waals surface area contributed by atoms with Crippen LogP contribution in [0, 0.1) is 17.8 Å². The molecule has 1 amide bonds. The van der Waals surface area contributed by atoms with Gasteiger partial charge in [-0.25, -0.2) is 9.98 Å². The van der Waals surface area contributed by atoms with Gasteiger partial charge in [0.25, 0.3) is 5.91 Å². The van der Waals surface area contributed by atoms with Gasteiger partial charge in [0.2, 0.25) is 0 Å². The molecule has 2 rings (SSSR count). The molecule has 0 bridgehead atoms. The highest BCUT2D eigenvalue weighted by Crippen LogP contribution is 2.39. The summed E-state index contributed by atoms with van der Waals surface area (Å²) in [6, 6.07) is 7.67. The monoisotopic (exact) mass is 363 g/mol. The van der Waals surface area contributed by atoms with Gasteiger partial charge in [-0.2, -0.15) is 0 Å². The molecule has 0 saturated carbocycles. The third-order valence-corrected chi connectivity index (χ3v) is 4.58. The Morgan fingerprint density at radius 2 is 2.15 bits per heavy atom. The molecule has 0 fully saturated rings. The molecule has 140 valence electrons. The topological polar surface area (TPSA) is 83.4 Å². The van der Waals surface area contributed by atoms with Crippen molar-refractivity contribution in [2.45, 2.75) is 33.2 Å². The SMILES string of the molecule is C=N/C=C(C#CC)\N=C(/C)c1cccc(C2(C(C)C)N=C(N)N(C)C2=O)c1. The second kappa shape index (κ2) is 8.00. The van der Waals surface area contributed by atoms with Crippen LogP contribution >= 0.6 is 0 Å². The van der Waals surface area contributed by atoms with E-state index in [1.807, 2.05) is 45.0 Å². The predicted molar refractivity (Wildman–Crippen MR) is 111 cm³/mol. The van der Waals surface area contributed by atoms with Gasteiger partial charge in [-0.15, -0.1) is 0 Å². The number of carbonyl (C=O) groups excluding carboxylic acids is 1. The van der Waals surface area contributed by atoms with Gasteiger partial charge in [-0.05, 0) is 49.6 Å². The molecule has 2 N–H and O–H groups in total. The molecule has 1 heterocycles. The fraction of sp³-hybridized carbons (Fsp3) is 0.333. The average molecular weight is 363 g/mol. The van der Waals surface area contributed by atoms with Crippen LogP contribution in [0.1, 0.15) is 38.8 Å². The van der Waals surface area contributed by atoms with Gasteiger partial charge >= 0.3 is 0 Å². The summed E-state index contributed by atoms with van der Waals surface area (Å²) in [6.45, 7) is 11.0. The molecule has 27 heavy (non-hydrogen) atoms. The van der Waals surface area contributed by atoms with Crippen LogP contribution < -0.4 is 5.73 Å². The van der Waals surface area contributed by atoms with Crippen molar-refractivity contribution in [3.63, 3.8) is 0 Å². The number of hydrogen-bond donors (Lipinski definition) is 1. The van der Waals surface area contributed by atoms with Crippen LogP contribution in [0.3, 0.4) is 0 Å². The minimum absolute atomic E-state index is 0.0626. The Bertz CT molecular complexity index is 914. The molecular weight excluding hydrogens is 338 g/mol. The fourth-order valence-corrected chi connectivity index (χ4v) is 3.09. The molecule has 6 heteroatoms. The van der Waals surface area contributed by atoms with Gasteiger partial charge in [0, 0.05) is 12.8 Å². The van der Waals surface area contributed by atoms with E-state index in [2.05, 4.69) is 33.5 Å². The largest absolute Gasteiger partial charge is 0.369 e. The number of guanidine groups is 1. The molecule has 1 aromatic carbocycles. The number of amides is 1. The number of benzene rings is 1. The molecule has 0 aromatic heterocycles. The first-order valence-electron chi connectivity index (χ1n) is 8.66. The van der Waals surface area contributed by atoms with Crippen molar-refractivity contribution < 1.29 is 4.79 Å². The van der Waals surface area contributed by atoms with Crippen molar-refractivity contribution in [3.05, 3.63) is 47.3 Å². The maximum atomic E-state index is 13.0. The highest BCUT2D eigenvalue weighted by molar-refractivity contribution is 6.07. The highest BCUT2D eigenvalue weighted by Gasteiger charge is 2.50. The van der Waals surface area contributed by atoms with Crippen LogP contribution in [-0.2, 0) is 10.3 Å². The lowest BCUT2D eigenvalue weighted by Gasteiger charge is -2.29. The van der Waals surface area contributed by atoms with E-state index in [9.17, 15) is 4.79 Å². The van der Waals surface area contributed by atoms with Gasteiger partial charge in [-0.1, -0.05) is 38.0 Å². The normalized spacial score (nSPS) is 20.4. The van der Waals surface area contributed by atoms with Crippen molar-refractivity contribution in [3.8, 4) is 11.8 Å². The fourth-order valence-electron chi connectivity index (χ4n) is 3.09. The van der Waals surface area contributed by atoms with E-state index in [1.165, 1.54) is 11.1 Å². The number of aliphatic imine (C=N–C) groups is 3. The van der Waals surface area contributed by atoms with Gasteiger partial charge < -0.3 is 5.73 Å². The predicted octanol–water partition coefficient (Wildman–Crippen LogP) is 2.70. The summed E-state index contributed by atoms with van der Waals surface area (Å²) in [7, 11) is 1.64. The molecule has 6 nitrogen and oxygen atoms in total. The van der Waals surface area contributed by atoms with E-state index in [1.54, 1.807) is 14.0 Å². The average Bonchev–Trinajstić information content (AvgIpc) is 2.87. The van der Waals surface area contributed by atoms with Crippen LogP contribution in [-0.4, -0.2) is 36.2 Å². The molecule has 0 radical (unpaired) electrons. The Labute approximate surface area is 160 Å². The Morgan fingerprint density at radius 1 is 1.44 bits per heavy atom. The summed E-state index contributed by atoms with van der Waals surface area (Å²) < 4.78 is 0. The summed E-state index contributed by atoms with van der Waals surface area (Å²) in [5, 5.41) is 0. The number of hydrogen-bond acceptors (Lipinski definition) is 5. The van der Waals surface area contributed by atoms with Crippen molar-refractivity contribution in [1.29, 1.82) is 0 Å². The maximum Gasteiger partial charge on any atom is 0.261 e. The van der Waals surface area contributed by atoms with Crippen LogP contribution in [0.4, 0.5) is 0 Å². The number of carbonyl (C=O) groups is 1. The van der Waals surface area contributed by atoms with Crippen LogP contribution in [0.2, 0.25) is 0 Å². The van der Waals surface area contributed by atoms with Gasteiger partial charge in [-0.3, -0.25) is 14.7 Å². The zero-order valence-corrected chi connectivity index (χ0v) is 16.4. The van der Waals surface area contributed by atoms with Crippen molar-refractivity contribution in [2.24, 2.45) is 26.6 Å². The molecule has 1 atom stereocenters. The Kier molecular flexibility index (Phi) is 5.96. The summed E-state index contributed by atoms with van der Waals surface area (Å²) in [6.07, 6.45) is 1.51. The molecule has 0 saturated heterocycles. The van der Waals surface area contributed by atoms with E-state index in [-0.39, 0.29) is 17.8 Å². The minimum atomic E-state index is -1.03. The third kappa shape index (κ3) is 3.68. The molecule has 0 spiro atoms. The number of nitrogens with zero attached hydrogens (tertiary/aromatic N) is 4. The summed E-state index contributed by atoms with van der Waals surface area (Å²) in [4.78, 5) is 27.2. The Hall–Kier alpha value is -3.20. The van der Waals surface area contributed by atoms with Crippen LogP contribution in [0.15, 0.2) is 51.1 Å². The van der Waals surface area contributed by atoms with Crippen LogP contribution in [0.5, 0.6) is 0 Å². The van der Waals surface area contributed by atoms with E-state index in [0.29, 0.717) is 5.70 Å². The molecule has 1 aromatic rings. The lowest BCUT2D eigenvalue weighted by molar-refractivity contribution is -0.132. The van der Waals surface area contributed by atoms with Crippen molar-refractivity contribution in [1.82, 2.24) is 4.90 Å². The van der Waals surface area contributed by atoms with E-state index in [4.69, 9.17) is 5.73 Å². The lowest BCUT2D eigenvalue weighted by Crippen LogP contribution is -2.43. The molecule has 1 unspecified atom stereocenters. The summed E-state index contributed by atoms with van der Waals surface area (Å²) >= 11 is 0. The Balaban J connectivity index is 2.57. The third-order valence-electron chi connectivity index (χ3n) is 4.58. The molecule has 1 aliphatic heterocycles. The van der Waals surface area contributed by atoms with E-state index >= 15 is 0 Å². The lowest BCUT2D eigenvalue weighted by atomic mass is 9.79. The minimum Gasteiger partial charge on any atom is -0.369 e. The Morgan fingerprint density at radius 3 is 2.67 bits per heavy atom. The molecular formula is C21H25N5O. The first-order valence-corrected chi connectivity index (χ1v) is 8.66. The zero-order chi connectivity index (χ0) is 20.2. The first kappa shape index (κ1) is 20.1. The van der Waals surface area contributed by atoms with Gasteiger partial charge in [0.1, 0.15) is 5.70 Å². The van der Waals surface area contributed by atoms with Crippen LogP contribution in [0.25, 0.3) is 0 Å². The van der Waals surface area contributed by atoms with E-state index in [0.717, 1.165) is 16.8 Å². The second-order valence-electron chi connectivity index (χ2n) is 6.61. The van der Waals surface area contributed by atoms with Gasteiger partial charge in [0.05, 0.1) is 6.20 Å². The summed E-state index contributed by atoms with van der Waals surface area (Å²) in [5.41, 5.74) is 7.85. The molecule has 1 aliphatic rings. The maximum absolute atomic E-state index is 13.0. The number of likely N-dealkylation sites (N-methyl/N-ethyl adjacent to an activating group) is 1. The standard InChI is InChI=1S/C21H25N5O/c1-7-9-18(13-23-5)24-15(4)16-10-8-11-17(12-16)21(14(2)3)19(27)26(6)20(22)25-21/h8,10-14H,5H2,1-4,6H3,(H2,22,25)/b18-13-,24-15+. The summed E-state index contributed by atoms with van der Waals surface area (Å²) in [5.74, 6) is 5.73. The van der Waals surface area contributed by atoms with Crippen molar-refractivity contribution in [2.75, 3.05) is 7.05 Å². The number of rotatable bonds is 5. The van der Waals surface area contributed by atoms with Crippen molar-refractivity contribution >= 4 is 24.3 Å². The number of nitrogens with two attached hydrogens (primary N) is 1. The molecule has 0 aliphatic carbocycles. The zero-order valence-electron chi connectivity index (χ0n) is 16.4. The van der Waals surface area contributed by atoms with Gasteiger partial charge in [0.15, 0.2) is 11.5 Å². The van der Waals surface area contributed by atoms with E-state index < -0.39 is 5.54 Å². The first-order chi connectivity index (χ1) is 12.8. The smallest absolute Gasteiger partial charge is 0.261 e. The highest BCUT2D eigenvalue weighted by atomic mass is 16.2. The second-order valence-corrected chi connectivity index (χ2v) is 6.61. The number of allylic oxidation sites excluding steroid dienone is 1. The quantitative estimate of drug-likeness (QED) is 0.644.